The molecule has 0 saturated heterocycles. The Hall–Kier alpha value is -1.26. The van der Waals surface area contributed by atoms with Gasteiger partial charge in [0.25, 0.3) is 0 Å². The van der Waals surface area contributed by atoms with Crippen LogP contribution in [0.25, 0.3) is 0 Å². The van der Waals surface area contributed by atoms with Gasteiger partial charge in [0.2, 0.25) is 5.91 Å². The van der Waals surface area contributed by atoms with E-state index >= 15 is 0 Å². The van der Waals surface area contributed by atoms with Crippen molar-refractivity contribution in [1.29, 1.82) is 0 Å². The average molecular weight is 243 g/mol. The van der Waals surface area contributed by atoms with E-state index in [9.17, 15) is 9.90 Å². The zero-order valence-electron chi connectivity index (χ0n) is 9.25. The smallest absolute Gasteiger partial charge is 0.233 e. The summed E-state index contributed by atoms with van der Waals surface area (Å²) in [6, 6.07) is 4.69. The van der Waals surface area contributed by atoms with E-state index in [1.54, 1.807) is 19.2 Å². The number of carbonyl (C=O) groups excluding carboxylic acids is 1. The van der Waals surface area contributed by atoms with E-state index in [4.69, 9.17) is 11.6 Å². The number of aromatic hydroxyl groups is 1. The highest BCUT2D eigenvalue weighted by atomic mass is 35.5. The number of carbonyl (C=O) groups is 1. The summed E-state index contributed by atoms with van der Waals surface area (Å²) in [5.74, 6) is 0.0645. The molecule has 0 fully saturated rings. The molecule has 1 amide bonds. The van der Waals surface area contributed by atoms with Gasteiger partial charge in [-0.3, -0.25) is 4.79 Å². The number of hydrogen-bond acceptors (Lipinski definition) is 3. The highest BCUT2D eigenvalue weighted by Crippen LogP contribution is 2.26. The molecule has 0 spiro atoms. The van der Waals surface area contributed by atoms with Crippen LogP contribution in [0.15, 0.2) is 18.2 Å². The Morgan fingerprint density at radius 2 is 2.25 bits per heavy atom. The predicted octanol–water partition coefficient (Wildman–Crippen LogP) is 1.44. The lowest BCUT2D eigenvalue weighted by Gasteiger charge is -2.15. The lowest BCUT2D eigenvalue weighted by atomic mass is 10.1. The first-order chi connectivity index (χ1) is 7.54. The van der Waals surface area contributed by atoms with E-state index in [0.29, 0.717) is 10.6 Å². The van der Waals surface area contributed by atoms with E-state index < -0.39 is 0 Å². The third kappa shape index (κ3) is 3.40. The van der Waals surface area contributed by atoms with Crippen molar-refractivity contribution in [3.05, 3.63) is 28.8 Å². The summed E-state index contributed by atoms with van der Waals surface area (Å²) >= 11 is 5.83. The van der Waals surface area contributed by atoms with Gasteiger partial charge in [0, 0.05) is 23.7 Å². The van der Waals surface area contributed by atoms with Gasteiger partial charge in [0.15, 0.2) is 0 Å². The standard InChI is InChI=1S/C11H15ClN2O2/c1-7(14-6-11(16)13-2)9-5-8(12)3-4-10(9)15/h3-5,7,14-15H,6H2,1-2H3,(H,13,16). The van der Waals surface area contributed by atoms with E-state index in [-0.39, 0.29) is 24.2 Å². The number of amides is 1. The number of nitrogens with one attached hydrogen (secondary N) is 2. The largest absolute Gasteiger partial charge is 0.508 e. The van der Waals surface area contributed by atoms with Crippen LogP contribution in [0.4, 0.5) is 0 Å². The maximum absolute atomic E-state index is 11.0. The summed E-state index contributed by atoms with van der Waals surface area (Å²) in [6.07, 6.45) is 0. The molecule has 0 bridgehead atoms. The normalized spacial score (nSPS) is 12.2. The fraction of sp³-hybridized carbons (Fsp3) is 0.364. The Bertz CT molecular complexity index is 382. The average Bonchev–Trinajstić information content (AvgIpc) is 2.28. The van der Waals surface area contributed by atoms with Crippen LogP contribution < -0.4 is 10.6 Å². The number of hydrogen-bond donors (Lipinski definition) is 3. The van der Waals surface area contributed by atoms with Gasteiger partial charge in [-0.05, 0) is 25.1 Å². The van der Waals surface area contributed by atoms with Crippen LogP contribution in [0.1, 0.15) is 18.5 Å². The van der Waals surface area contributed by atoms with Crippen LogP contribution in [-0.2, 0) is 4.79 Å². The van der Waals surface area contributed by atoms with E-state index in [0.717, 1.165) is 0 Å². The molecular weight excluding hydrogens is 228 g/mol. The second-order valence-electron chi connectivity index (χ2n) is 3.48. The van der Waals surface area contributed by atoms with Crippen LogP contribution >= 0.6 is 11.6 Å². The predicted molar refractivity (Wildman–Crippen MR) is 63.6 cm³/mol. The first kappa shape index (κ1) is 12.8. The Morgan fingerprint density at radius 1 is 1.56 bits per heavy atom. The van der Waals surface area contributed by atoms with E-state index in [1.807, 2.05) is 6.92 Å². The third-order valence-corrected chi connectivity index (χ3v) is 2.54. The number of likely N-dealkylation sites (N-methyl/N-ethyl adjacent to an activating group) is 1. The molecule has 3 N–H and O–H groups in total. The minimum atomic E-state index is -0.143. The maximum atomic E-state index is 11.0. The Morgan fingerprint density at radius 3 is 2.88 bits per heavy atom. The molecule has 5 heteroatoms. The van der Waals surface area contributed by atoms with Gasteiger partial charge in [-0.2, -0.15) is 0 Å². The molecule has 0 aliphatic carbocycles. The quantitative estimate of drug-likeness (QED) is 0.749. The van der Waals surface area contributed by atoms with Crippen molar-refractivity contribution in [1.82, 2.24) is 10.6 Å². The van der Waals surface area contributed by atoms with Gasteiger partial charge in [-0.15, -0.1) is 0 Å². The minimum Gasteiger partial charge on any atom is -0.508 e. The third-order valence-electron chi connectivity index (χ3n) is 2.30. The summed E-state index contributed by atoms with van der Waals surface area (Å²) in [4.78, 5) is 11.0. The zero-order valence-corrected chi connectivity index (χ0v) is 10.0. The Labute approximate surface area is 99.6 Å². The number of phenolic OH excluding ortho intramolecular Hbond substituents is 1. The Balaban J connectivity index is 2.68. The van der Waals surface area contributed by atoms with E-state index in [1.165, 1.54) is 6.07 Å². The molecule has 1 atom stereocenters. The summed E-state index contributed by atoms with van der Waals surface area (Å²) in [6.45, 7) is 2.05. The summed E-state index contributed by atoms with van der Waals surface area (Å²) in [5.41, 5.74) is 0.677. The van der Waals surface area contributed by atoms with Crippen LogP contribution in [0.5, 0.6) is 5.75 Å². The molecular formula is C11H15ClN2O2. The lowest BCUT2D eigenvalue weighted by molar-refractivity contribution is -0.119. The maximum Gasteiger partial charge on any atom is 0.233 e. The van der Waals surface area contributed by atoms with Crippen molar-refractivity contribution in [2.24, 2.45) is 0 Å². The Kier molecular flexibility index (Phi) is 4.58. The fourth-order valence-electron chi connectivity index (χ4n) is 1.32. The van der Waals surface area contributed by atoms with Crippen molar-refractivity contribution < 1.29 is 9.90 Å². The lowest BCUT2D eigenvalue weighted by Crippen LogP contribution is -2.32. The molecule has 1 rings (SSSR count). The van der Waals surface area contributed by atoms with Gasteiger partial charge in [-0.1, -0.05) is 11.6 Å². The monoisotopic (exact) mass is 242 g/mol. The van der Waals surface area contributed by atoms with Gasteiger partial charge in [0.1, 0.15) is 5.75 Å². The number of halogens is 1. The highest BCUT2D eigenvalue weighted by Gasteiger charge is 2.11. The fourth-order valence-corrected chi connectivity index (χ4v) is 1.50. The molecule has 4 nitrogen and oxygen atoms in total. The SMILES string of the molecule is CNC(=O)CNC(C)c1cc(Cl)ccc1O. The second kappa shape index (κ2) is 5.72. The molecule has 0 aromatic heterocycles. The minimum absolute atomic E-state index is 0.103. The highest BCUT2D eigenvalue weighted by molar-refractivity contribution is 6.30. The van der Waals surface area contributed by atoms with Crippen molar-refractivity contribution >= 4 is 17.5 Å². The van der Waals surface area contributed by atoms with Gasteiger partial charge in [-0.25, -0.2) is 0 Å². The number of rotatable bonds is 4. The van der Waals surface area contributed by atoms with Crippen molar-refractivity contribution in [2.45, 2.75) is 13.0 Å². The van der Waals surface area contributed by atoms with Crippen molar-refractivity contribution in [2.75, 3.05) is 13.6 Å². The van der Waals surface area contributed by atoms with Gasteiger partial charge >= 0.3 is 0 Å². The van der Waals surface area contributed by atoms with Crippen molar-refractivity contribution in [3.8, 4) is 5.75 Å². The van der Waals surface area contributed by atoms with Gasteiger partial charge < -0.3 is 15.7 Å². The topological polar surface area (TPSA) is 61.4 Å². The molecule has 1 aromatic carbocycles. The molecule has 0 radical (unpaired) electrons. The van der Waals surface area contributed by atoms with Crippen LogP contribution in [0, 0.1) is 0 Å². The first-order valence-electron chi connectivity index (χ1n) is 4.97. The zero-order chi connectivity index (χ0) is 12.1. The molecule has 16 heavy (non-hydrogen) atoms. The summed E-state index contributed by atoms with van der Waals surface area (Å²) < 4.78 is 0. The first-order valence-corrected chi connectivity index (χ1v) is 5.34. The molecule has 1 aromatic rings. The van der Waals surface area contributed by atoms with Crippen LogP contribution in [0.3, 0.4) is 0 Å². The molecule has 0 saturated carbocycles. The molecule has 1 unspecified atom stereocenters. The molecule has 0 aliphatic rings. The number of phenols is 1. The van der Waals surface area contributed by atoms with Gasteiger partial charge in [0.05, 0.1) is 6.54 Å². The van der Waals surface area contributed by atoms with Crippen LogP contribution in [-0.4, -0.2) is 24.6 Å². The van der Waals surface area contributed by atoms with Crippen LogP contribution in [0.2, 0.25) is 5.02 Å². The number of benzene rings is 1. The molecule has 0 heterocycles. The van der Waals surface area contributed by atoms with E-state index in [2.05, 4.69) is 10.6 Å². The molecule has 88 valence electrons. The summed E-state index contributed by atoms with van der Waals surface area (Å²) in [5, 5.41) is 15.7. The van der Waals surface area contributed by atoms with Crippen molar-refractivity contribution in [3.63, 3.8) is 0 Å². The second-order valence-corrected chi connectivity index (χ2v) is 3.92. The summed E-state index contributed by atoms with van der Waals surface area (Å²) in [7, 11) is 1.57. The molecule has 0 aliphatic heterocycles.